The summed E-state index contributed by atoms with van der Waals surface area (Å²) in [6.07, 6.45) is 2.22. The molecular formula is C14H15ClFN5. The van der Waals surface area contributed by atoms with E-state index in [1.807, 2.05) is 17.9 Å². The lowest BCUT2D eigenvalue weighted by atomic mass is 10.2. The van der Waals surface area contributed by atoms with Crippen LogP contribution in [0.2, 0.25) is 5.28 Å². The molecule has 1 aromatic heterocycles. The summed E-state index contributed by atoms with van der Waals surface area (Å²) >= 11 is 5.95. The third kappa shape index (κ3) is 3.05. The van der Waals surface area contributed by atoms with Crippen molar-refractivity contribution in [1.29, 1.82) is 0 Å². The van der Waals surface area contributed by atoms with Crippen molar-refractivity contribution in [2.24, 2.45) is 0 Å². The molecular weight excluding hydrogens is 293 g/mol. The largest absolute Gasteiger partial charge is 0.341 e. The number of para-hydroxylation sites is 1. The molecule has 0 atom stereocenters. The van der Waals surface area contributed by atoms with Crippen LogP contribution < -0.4 is 10.2 Å². The third-order valence-corrected chi connectivity index (χ3v) is 3.61. The van der Waals surface area contributed by atoms with Crippen LogP contribution in [0.25, 0.3) is 0 Å². The fraction of sp³-hybridized carbons (Fsp3) is 0.357. The Morgan fingerprint density at radius 2 is 1.95 bits per heavy atom. The molecule has 7 heteroatoms. The van der Waals surface area contributed by atoms with Gasteiger partial charge < -0.3 is 10.2 Å². The number of halogens is 2. The molecule has 3 rings (SSSR count). The highest BCUT2D eigenvalue weighted by atomic mass is 35.5. The summed E-state index contributed by atoms with van der Waals surface area (Å²) in [6.45, 7) is 3.62. The van der Waals surface area contributed by atoms with E-state index in [1.165, 1.54) is 6.07 Å². The number of nitrogens with one attached hydrogen (secondary N) is 1. The monoisotopic (exact) mass is 307 g/mol. The van der Waals surface area contributed by atoms with Gasteiger partial charge >= 0.3 is 0 Å². The first-order valence-corrected chi connectivity index (χ1v) is 7.20. The zero-order chi connectivity index (χ0) is 14.8. The smallest absolute Gasteiger partial charge is 0.233 e. The first-order chi connectivity index (χ1) is 10.1. The molecule has 2 aromatic rings. The van der Waals surface area contributed by atoms with Crippen LogP contribution >= 0.6 is 11.6 Å². The molecule has 0 spiro atoms. The highest BCUT2D eigenvalue weighted by Crippen LogP contribution is 2.24. The summed E-state index contributed by atoms with van der Waals surface area (Å²) in [5.41, 5.74) is 1.13. The Balaban J connectivity index is 1.91. The average Bonchev–Trinajstić information content (AvgIpc) is 2.97. The van der Waals surface area contributed by atoms with E-state index in [-0.39, 0.29) is 17.0 Å². The molecule has 1 aliphatic heterocycles. The van der Waals surface area contributed by atoms with Gasteiger partial charge in [-0.05, 0) is 43.0 Å². The van der Waals surface area contributed by atoms with E-state index < -0.39 is 0 Å². The number of nitrogens with zero attached hydrogens (tertiary/aromatic N) is 4. The predicted molar refractivity (Wildman–Crippen MR) is 80.7 cm³/mol. The first-order valence-electron chi connectivity index (χ1n) is 6.82. The maximum absolute atomic E-state index is 13.9. The van der Waals surface area contributed by atoms with Gasteiger partial charge in [0.15, 0.2) is 0 Å². The number of anilines is 3. The maximum Gasteiger partial charge on any atom is 0.233 e. The molecule has 0 bridgehead atoms. The predicted octanol–water partition coefficient (Wildman–Crippen LogP) is 3.32. The summed E-state index contributed by atoms with van der Waals surface area (Å²) in [6, 6.07) is 4.86. The van der Waals surface area contributed by atoms with Gasteiger partial charge in [-0.1, -0.05) is 12.1 Å². The van der Waals surface area contributed by atoms with E-state index in [0.29, 0.717) is 11.6 Å². The van der Waals surface area contributed by atoms with Crippen LogP contribution in [-0.2, 0) is 0 Å². The van der Waals surface area contributed by atoms with Crippen molar-refractivity contribution in [3.63, 3.8) is 0 Å². The molecule has 0 radical (unpaired) electrons. The lowest BCUT2D eigenvalue weighted by Crippen LogP contribution is -2.21. The molecule has 0 aliphatic carbocycles. The fourth-order valence-electron chi connectivity index (χ4n) is 2.36. The highest BCUT2D eigenvalue weighted by molar-refractivity contribution is 6.28. The second-order valence-corrected chi connectivity index (χ2v) is 5.32. The van der Waals surface area contributed by atoms with Crippen LogP contribution in [0.1, 0.15) is 18.4 Å². The van der Waals surface area contributed by atoms with Crippen molar-refractivity contribution in [3.05, 3.63) is 34.9 Å². The van der Waals surface area contributed by atoms with Gasteiger partial charge in [0.2, 0.25) is 17.2 Å². The second-order valence-electron chi connectivity index (χ2n) is 4.98. The topological polar surface area (TPSA) is 53.9 Å². The van der Waals surface area contributed by atoms with Crippen molar-refractivity contribution in [3.8, 4) is 0 Å². The van der Waals surface area contributed by atoms with Crippen LogP contribution in [0.4, 0.5) is 22.0 Å². The van der Waals surface area contributed by atoms with Crippen LogP contribution in [0.15, 0.2) is 18.2 Å². The third-order valence-electron chi connectivity index (χ3n) is 3.44. The van der Waals surface area contributed by atoms with Crippen molar-refractivity contribution in [2.75, 3.05) is 23.3 Å². The van der Waals surface area contributed by atoms with Crippen LogP contribution in [0, 0.1) is 12.7 Å². The lowest BCUT2D eigenvalue weighted by molar-refractivity contribution is 0.630. The van der Waals surface area contributed by atoms with Gasteiger partial charge in [0, 0.05) is 13.1 Å². The Hall–Kier alpha value is -1.95. The zero-order valence-electron chi connectivity index (χ0n) is 11.6. The zero-order valence-corrected chi connectivity index (χ0v) is 12.4. The van der Waals surface area contributed by atoms with Crippen LogP contribution in [0.5, 0.6) is 0 Å². The van der Waals surface area contributed by atoms with Gasteiger partial charge in [-0.15, -0.1) is 0 Å². The lowest BCUT2D eigenvalue weighted by Gasteiger charge is -2.16. The Bertz CT molecular complexity index is 638. The number of hydrogen-bond acceptors (Lipinski definition) is 5. The van der Waals surface area contributed by atoms with E-state index in [2.05, 4.69) is 20.3 Å². The van der Waals surface area contributed by atoms with Gasteiger partial charge in [0.1, 0.15) is 5.82 Å². The molecule has 0 unspecified atom stereocenters. The van der Waals surface area contributed by atoms with E-state index in [1.54, 1.807) is 6.07 Å². The fourth-order valence-corrected chi connectivity index (χ4v) is 2.51. The molecule has 1 saturated heterocycles. The molecule has 5 nitrogen and oxygen atoms in total. The Morgan fingerprint density at radius 3 is 2.67 bits per heavy atom. The van der Waals surface area contributed by atoms with Gasteiger partial charge in [-0.25, -0.2) is 4.39 Å². The van der Waals surface area contributed by atoms with Gasteiger partial charge in [0.25, 0.3) is 0 Å². The highest BCUT2D eigenvalue weighted by Gasteiger charge is 2.17. The SMILES string of the molecule is Cc1cccc(F)c1Nc1nc(Cl)nc(N2CCCC2)n1. The average molecular weight is 308 g/mol. The molecule has 1 aliphatic rings. The van der Waals surface area contributed by atoms with Gasteiger partial charge in [-0.2, -0.15) is 15.0 Å². The van der Waals surface area contributed by atoms with E-state index in [4.69, 9.17) is 11.6 Å². The van der Waals surface area contributed by atoms with E-state index in [9.17, 15) is 4.39 Å². The number of benzene rings is 1. The first kappa shape index (κ1) is 14.0. The summed E-state index contributed by atoms with van der Waals surface area (Å²) in [5.74, 6) is 0.434. The molecule has 0 amide bonds. The Kier molecular flexibility index (Phi) is 3.88. The van der Waals surface area contributed by atoms with Crippen molar-refractivity contribution in [2.45, 2.75) is 19.8 Å². The summed E-state index contributed by atoms with van der Waals surface area (Å²) in [7, 11) is 0. The van der Waals surface area contributed by atoms with Crippen LogP contribution in [-0.4, -0.2) is 28.0 Å². The summed E-state index contributed by atoms with van der Waals surface area (Å²) in [5, 5.41) is 3.00. The van der Waals surface area contributed by atoms with Gasteiger partial charge in [-0.3, -0.25) is 0 Å². The van der Waals surface area contributed by atoms with Gasteiger partial charge in [0.05, 0.1) is 5.69 Å². The minimum absolute atomic E-state index is 0.100. The van der Waals surface area contributed by atoms with Crippen LogP contribution in [0.3, 0.4) is 0 Å². The second kappa shape index (κ2) is 5.81. The Labute approximate surface area is 127 Å². The van der Waals surface area contributed by atoms with Crippen molar-refractivity contribution >= 4 is 29.2 Å². The molecule has 1 N–H and O–H groups in total. The minimum Gasteiger partial charge on any atom is -0.341 e. The quantitative estimate of drug-likeness (QED) is 0.942. The van der Waals surface area contributed by atoms with Crippen molar-refractivity contribution < 1.29 is 4.39 Å². The molecule has 1 fully saturated rings. The number of rotatable bonds is 3. The standard InChI is InChI=1S/C14H15ClFN5/c1-9-5-4-6-10(16)11(9)17-13-18-12(15)19-14(20-13)21-7-2-3-8-21/h4-6H,2-3,7-8H2,1H3,(H,17,18,19,20). The van der Waals surface area contributed by atoms with E-state index in [0.717, 1.165) is 31.5 Å². The molecule has 1 aromatic carbocycles. The van der Waals surface area contributed by atoms with Crippen molar-refractivity contribution in [1.82, 2.24) is 15.0 Å². The molecule has 0 saturated carbocycles. The Morgan fingerprint density at radius 1 is 1.19 bits per heavy atom. The normalized spacial score (nSPS) is 14.5. The molecule has 110 valence electrons. The number of aryl methyl sites for hydroxylation is 1. The summed E-state index contributed by atoms with van der Waals surface area (Å²) < 4.78 is 13.9. The number of hydrogen-bond donors (Lipinski definition) is 1. The molecule has 2 heterocycles. The summed E-state index contributed by atoms with van der Waals surface area (Å²) in [4.78, 5) is 14.5. The molecule has 21 heavy (non-hydrogen) atoms. The van der Waals surface area contributed by atoms with E-state index >= 15 is 0 Å². The maximum atomic E-state index is 13.9. The number of aromatic nitrogens is 3. The minimum atomic E-state index is -0.353.